The zero-order valence-electron chi connectivity index (χ0n) is 39.2. The Morgan fingerprint density at radius 1 is 0.970 bits per heavy atom. The molecule has 0 spiro atoms. The topological polar surface area (TPSA) is 136 Å². The highest BCUT2D eigenvalue weighted by Gasteiger charge is 2.65. The van der Waals surface area contributed by atoms with Crippen LogP contribution in [0.5, 0.6) is 23.0 Å². The van der Waals surface area contributed by atoms with Crippen LogP contribution in [-0.4, -0.2) is 77.4 Å². The second-order valence-electron chi connectivity index (χ2n) is 19.4. The van der Waals surface area contributed by atoms with Crippen LogP contribution in [-0.2, 0) is 20.9 Å². The molecule has 1 heterocycles. The van der Waals surface area contributed by atoms with Gasteiger partial charge in [0.15, 0.2) is 6.29 Å². The van der Waals surface area contributed by atoms with E-state index in [1.807, 2.05) is 43.9 Å². The molecule has 12 heteroatoms. The van der Waals surface area contributed by atoms with Crippen molar-refractivity contribution in [1.82, 2.24) is 4.90 Å². The summed E-state index contributed by atoms with van der Waals surface area (Å²) >= 11 is 0. The van der Waals surface area contributed by atoms with Crippen LogP contribution in [0.3, 0.4) is 0 Å². The van der Waals surface area contributed by atoms with E-state index >= 15 is 4.79 Å². The molecule has 0 saturated heterocycles. The number of aliphatic hydroxyl groups excluding tert-OH is 2. The van der Waals surface area contributed by atoms with E-state index < -0.39 is 23.3 Å². The van der Waals surface area contributed by atoms with Gasteiger partial charge in [0.25, 0.3) is 0 Å². The number of aliphatic hydroxyl groups is 2. The van der Waals surface area contributed by atoms with Crippen LogP contribution in [0, 0.1) is 29.5 Å². The number of hydrogen-bond donors (Lipinski definition) is 2. The van der Waals surface area contributed by atoms with Gasteiger partial charge in [0.1, 0.15) is 40.5 Å². The van der Waals surface area contributed by atoms with Crippen LogP contribution in [0.1, 0.15) is 132 Å². The highest BCUT2D eigenvalue weighted by atomic mass is 19.1. The minimum Gasteiger partial charge on any atom is -0.496 e. The lowest BCUT2D eigenvalue weighted by Gasteiger charge is -2.60. The number of oxime groups is 1. The van der Waals surface area contributed by atoms with Crippen LogP contribution in [0.15, 0.2) is 90.1 Å². The molecule has 2 saturated carbocycles. The molecule has 6 atom stereocenters. The number of carbonyl (C=O) groups is 2. The lowest BCUT2D eigenvalue weighted by molar-refractivity contribution is -0.258. The summed E-state index contributed by atoms with van der Waals surface area (Å²) in [4.78, 5) is 35.4. The summed E-state index contributed by atoms with van der Waals surface area (Å²) in [5, 5.41) is 25.0. The predicted molar refractivity (Wildman–Crippen MR) is 252 cm³/mol. The molecule has 2 N–H and O–H groups in total. The van der Waals surface area contributed by atoms with Crippen molar-refractivity contribution >= 4 is 17.9 Å². The number of hydrogen-bond acceptors (Lipinski definition) is 10. The number of methoxy groups -OCH3 is 1. The monoisotopic (exact) mass is 908 g/mol. The van der Waals surface area contributed by atoms with E-state index in [1.165, 1.54) is 32.1 Å². The van der Waals surface area contributed by atoms with E-state index in [9.17, 15) is 19.4 Å². The van der Waals surface area contributed by atoms with Gasteiger partial charge in [-0.1, -0.05) is 68.0 Å². The van der Waals surface area contributed by atoms with Crippen molar-refractivity contribution in [1.29, 1.82) is 0 Å². The van der Waals surface area contributed by atoms with Gasteiger partial charge in [0.2, 0.25) is 11.7 Å². The van der Waals surface area contributed by atoms with E-state index in [4.69, 9.17) is 28.9 Å². The number of fused-ring (bicyclic) bond motifs is 2. The number of aldehydes is 1. The maximum Gasteiger partial charge on any atom is 0.239 e. The fraction of sp³-hybridized carbons (Fsp3) is 0.537. The number of allylic oxidation sites excluding steroid dienone is 1. The van der Waals surface area contributed by atoms with Crippen LogP contribution < -0.4 is 14.2 Å². The van der Waals surface area contributed by atoms with Gasteiger partial charge in [-0.25, -0.2) is 4.39 Å². The van der Waals surface area contributed by atoms with Crippen molar-refractivity contribution in [2.45, 2.75) is 134 Å². The molecule has 1 aliphatic heterocycles. The van der Waals surface area contributed by atoms with Crippen LogP contribution >= 0.6 is 0 Å². The molecule has 7 rings (SSSR count). The SMILES string of the molecule is C=CCOC12Oc3ccc(Oc4ccc(OC)c(C=O)c4)cc3C3C(CCCCO)C(CCCCO)C=C(C(=NOC(C)(C)C)CC1N(Cc1ccc(F)cc1)C(=O)CCC1CCCC1)C32. The Bertz CT molecular complexity index is 2200. The normalized spacial score (nSPS) is 24.1. The fourth-order valence-electron chi connectivity index (χ4n) is 10.8. The first-order valence-electron chi connectivity index (χ1n) is 24.0. The molecule has 11 nitrogen and oxygen atoms in total. The number of nitrogens with zero attached hydrogens (tertiary/aromatic N) is 2. The molecule has 1 amide bonds. The summed E-state index contributed by atoms with van der Waals surface area (Å²) in [6.07, 6.45) is 15.1. The summed E-state index contributed by atoms with van der Waals surface area (Å²) in [6.45, 7) is 10.4. The molecule has 3 aromatic rings. The number of halogens is 1. The maximum absolute atomic E-state index is 15.2. The number of rotatable bonds is 22. The first-order valence-corrected chi connectivity index (χ1v) is 24.0. The van der Waals surface area contributed by atoms with Gasteiger partial charge in [0, 0.05) is 44.1 Å². The van der Waals surface area contributed by atoms with E-state index in [1.54, 1.807) is 36.4 Å². The lowest BCUT2D eigenvalue weighted by atomic mass is 9.55. The van der Waals surface area contributed by atoms with Crippen molar-refractivity contribution in [3.05, 3.63) is 107 Å². The molecule has 3 aliphatic carbocycles. The number of amides is 1. The van der Waals surface area contributed by atoms with Gasteiger partial charge in [-0.3, -0.25) is 9.59 Å². The van der Waals surface area contributed by atoms with Crippen molar-refractivity contribution in [3.63, 3.8) is 0 Å². The van der Waals surface area contributed by atoms with Crippen molar-refractivity contribution in [3.8, 4) is 23.0 Å². The maximum atomic E-state index is 15.2. The quantitative estimate of drug-likeness (QED) is 0.0437. The second kappa shape index (κ2) is 22.2. The Kier molecular flexibility index (Phi) is 16.4. The summed E-state index contributed by atoms with van der Waals surface area (Å²) in [5.74, 6) is -0.0881. The Labute approximate surface area is 390 Å². The largest absolute Gasteiger partial charge is 0.496 e. The molecule has 0 aromatic heterocycles. The molecule has 0 bridgehead atoms. The van der Waals surface area contributed by atoms with E-state index in [2.05, 4.69) is 12.7 Å². The van der Waals surface area contributed by atoms with E-state index in [0.29, 0.717) is 59.5 Å². The molecule has 356 valence electrons. The third-order valence-electron chi connectivity index (χ3n) is 13.8. The molecule has 3 aromatic carbocycles. The van der Waals surface area contributed by atoms with Gasteiger partial charge < -0.3 is 38.9 Å². The predicted octanol–water partition coefficient (Wildman–Crippen LogP) is 10.9. The highest BCUT2D eigenvalue weighted by Crippen LogP contribution is 2.62. The van der Waals surface area contributed by atoms with Crippen molar-refractivity contribution in [2.75, 3.05) is 26.9 Å². The Morgan fingerprint density at radius 3 is 2.36 bits per heavy atom. The molecule has 4 aliphatic rings. The van der Waals surface area contributed by atoms with Gasteiger partial charge in [-0.2, -0.15) is 0 Å². The number of ether oxygens (including phenoxy) is 4. The molecule has 2 fully saturated rings. The zero-order valence-corrected chi connectivity index (χ0v) is 39.2. The van der Waals surface area contributed by atoms with Gasteiger partial charge >= 0.3 is 0 Å². The van der Waals surface area contributed by atoms with Crippen LogP contribution in [0.4, 0.5) is 4.39 Å². The van der Waals surface area contributed by atoms with Crippen molar-refractivity contribution in [2.24, 2.45) is 28.8 Å². The zero-order chi connectivity index (χ0) is 46.8. The molecular weight excluding hydrogens is 840 g/mol. The number of benzene rings is 3. The Balaban J connectivity index is 1.45. The molecule has 6 unspecified atom stereocenters. The van der Waals surface area contributed by atoms with E-state index in [-0.39, 0.29) is 62.3 Å². The van der Waals surface area contributed by atoms with E-state index in [0.717, 1.165) is 67.9 Å². The average molecular weight is 909 g/mol. The molecular formula is C54H69FN2O9. The lowest BCUT2D eigenvalue weighted by Crippen LogP contribution is -2.70. The average Bonchev–Trinajstić information content (AvgIpc) is 3.84. The summed E-state index contributed by atoms with van der Waals surface area (Å²) < 4.78 is 41.0. The Hall–Kier alpha value is -5.04. The van der Waals surface area contributed by atoms with Gasteiger partial charge in [0.05, 0.1) is 30.9 Å². The number of unbranched alkanes of at least 4 members (excludes halogenated alkanes) is 2. The third kappa shape index (κ3) is 11.2. The highest BCUT2D eigenvalue weighted by molar-refractivity contribution is 6.03. The van der Waals surface area contributed by atoms with Crippen LogP contribution in [0.25, 0.3) is 0 Å². The minimum absolute atomic E-state index is 0.00315. The molecule has 0 radical (unpaired) electrons. The van der Waals surface area contributed by atoms with Crippen molar-refractivity contribution < 1.29 is 48.0 Å². The number of carbonyl (C=O) groups excluding carboxylic acids is 2. The third-order valence-corrected chi connectivity index (χ3v) is 13.8. The second-order valence-corrected chi connectivity index (χ2v) is 19.4. The van der Waals surface area contributed by atoms with Gasteiger partial charge in [-0.15, -0.1) is 6.58 Å². The van der Waals surface area contributed by atoms with Crippen LogP contribution in [0.2, 0.25) is 0 Å². The standard InChI is InChI=1S/C54H69FN2O9/c1-6-29-63-54-49(57(34-37-17-20-40(55)21-18-37)50(61)26-19-36-13-7-8-14-36)33-46(56-66-53(2,3)4)44-31-38(15-9-11-27-58)43(16-10-12-28-59)51(52(44)54)45-32-42(23-25-48(45)65-54)64-41-22-24-47(62-5)39(30-41)35-60/h6,17-18,20-25,30-32,35-36,38,43,49,51-52,58-59H,1,7-16,19,26-29,33-34H2,2-5H3. The smallest absolute Gasteiger partial charge is 0.239 e. The first kappa shape index (κ1) is 48.9. The van der Waals surface area contributed by atoms with Gasteiger partial charge in [-0.05, 0) is 130 Å². The summed E-state index contributed by atoms with van der Waals surface area (Å²) in [5.41, 5.74) is 3.04. The summed E-state index contributed by atoms with van der Waals surface area (Å²) in [6, 6.07) is 16.5. The minimum atomic E-state index is -1.45. The first-order chi connectivity index (χ1) is 31.9. The fourth-order valence-corrected chi connectivity index (χ4v) is 10.8. The molecule has 66 heavy (non-hydrogen) atoms. The Morgan fingerprint density at radius 2 is 1.68 bits per heavy atom. The summed E-state index contributed by atoms with van der Waals surface area (Å²) in [7, 11) is 1.52.